The maximum atomic E-state index is 13.8. The van der Waals surface area contributed by atoms with Gasteiger partial charge in [-0.3, -0.25) is 14.5 Å². The van der Waals surface area contributed by atoms with Gasteiger partial charge in [0.25, 0.3) is 5.91 Å². The first kappa shape index (κ1) is 25.3. The Hall–Kier alpha value is -3.36. The minimum atomic E-state index is -0.754. The van der Waals surface area contributed by atoms with Gasteiger partial charge in [-0.05, 0) is 63.1 Å². The largest absolute Gasteiger partial charge is 0.490 e. The normalized spacial score (nSPS) is 14.9. The van der Waals surface area contributed by atoms with Crippen molar-refractivity contribution in [2.24, 2.45) is 0 Å². The summed E-state index contributed by atoms with van der Waals surface area (Å²) in [6.07, 6.45) is 1.93. The molecule has 4 aromatic rings. The Morgan fingerprint density at radius 1 is 1.08 bits per heavy atom. The molecule has 192 valence electrons. The molecule has 0 spiro atoms. The summed E-state index contributed by atoms with van der Waals surface area (Å²) < 4.78 is 17.9. The van der Waals surface area contributed by atoms with Crippen LogP contribution in [-0.2, 0) is 0 Å². The predicted molar refractivity (Wildman–Crippen MR) is 146 cm³/mol. The summed E-state index contributed by atoms with van der Waals surface area (Å²) in [6.45, 7) is 8.86. The molecule has 0 radical (unpaired) electrons. The number of ether oxygens (including phenoxy) is 2. The molecule has 1 aliphatic rings. The Morgan fingerprint density at radius 2 is 1.89 bits per heavy atom. The van der Waals surface area contributed by atoms with Crippen LogP contribution in [0.4, 0.5) is 5.13 Å². The van der Waals surface area contributed by atoms with Gasteiger partial charge in [0.1, 0.15) is 5.58 Å². The molecule has 1 amide bonds. The standard InChI is InChI=1S/C28H27ClN2O5S/c1-5-7-12-35-21-10-8-17(13-22(21)34-6-2)24-23-25(32)19-14-18(29)9-11-20(19)36-26(23)27(33)31(24)28-30-15(3)16(4)37-28/h8-11,13-14,24H,5-7,12H2,1-4H3. The highest BCUT2D eigenvalue weighted by atomic mass is 35.5. The number of aryl methyl sites for hydroxylation is 2. The topological polar surface area (TPSA) is 81.9 Å². The number of unbranched alkanes of at least 4 members (excludes halogenated alkanes) is 1. The maximum Gasteiger partial charge on any atom is 0.297 e. The summed E-state index contributed by atoms with van der Waals surface area (Å²) in [5, 5.41) is 1.23. The fraction of sp³-hybridized carbons (Fsp3) is 0.321. The molecular formula is C28H27ClN2O5S. The molecule has 0 saturated carbocycles. The van der Waals surface area contributed by atoms with Crippen molar-refractivity contribution in [1.82, 2.24) is 4.98 Å². The third kappa shape index (κ3) is 4.49. The van der Waals surface area contributed by atoms with Crippen LogP contribution in [0.1, 0.15) is 65.0 Å². The Kier molecular flexibility index (Phi) is 6.96. The van der Waals surface area contributed by atoms with Gasteiger partial charge in [0.2, 0.25) is 5.76 Å². The van der Waals surface area contributed by atoms with Gasteiger partial charge < -0.3 is 13.9 Å². The van der Waals surface area contributed by atoms with Crippen molar-refractivity contribution in [3.05, 3.63) is 79.1 Å². The molecule has 7 nitrogen and oxygen atoms in total. The molecule has 1 aliphatic heterocycles. The Morgan fingerprint density at radius 3 is 2.59 bits per heavy atom. The second kappa shape index (κ2) is 10.2. The smallest absolute Gasteiger partial charge is 0.297 e. The average molecular weight is 539 g/mol. The highest BCUT2D eigenvalue weighted by Gasteiger charge is 2.45. The number of thiazole rings is 1. The summed E-state index contributed by atoms with van der Waals surface area (Å²) >= 11 is 7.60. The number of aromatic nitrogens is 1. The molecule has 0 aliphatic carbocycles. The number of amides is 1. The molecule has 1 atom stereocenters. The first-order chi connectivity index (χ1) is 17.8. The van der Waals surface area contributed by atoms with Crippen molar-refractivity contribution >= 4 is 44.9 Å². The number of hydrogen-bond acceptors (Lipinski definition) is 7. The summed E-state index contributed by atoms with van der Waals surface area (Å²) in [4.78, 5) is 34.8. The number of rotatable bonds is 8. The SMILES string of the molecule is CCCCOc1ccc(C2c3c(oc4ccc(Cl)cc4c3=O)C(=O)N2c2nc(C)c(C)s2)cc1OCC. The van der Waals surface area contributed by atoms with Crippen LogP contribution in [0.5, 0.6) is 11.5 Å². The molecule has 9 heteroatoms. The fourth-order valence-corrected chi connectivity index (χ4v) is 5.53. The van der Waals surface area contributed by atoms with E-state index in [1.807, 2.05) is 39.0 Å². The number of carbonyl (C=O) groups is 1. The van der Waals surface area contributed by atoms with Gasteiger partial charge in [-0.2, -0.15) is 0 Å². The van der Waals surface area contributed by atoms with E-state index in [0.717, 1.165) is 23.4 Å². The van der Waals surface area contributed by atoms with Crippen molar-refractivity contribution in [3.63, 3.8) is 0 Å². The second-order valence-corrected chi connectivity index (χ2v) is 10.5. The molecule has 5 rings (SSSR count). The molecule has 0 N–H and O–H groups in total. The van der Waals surface area contributed by atoms with Crippen LogP contribution in [0.3, 0.4) is 0 Å². The first-order valence-corrected chi connectivity index (χ1v) is 13.5. The monoisotopic (exact) mass is 538 g/mol. The third-order valence-electron chi connectivity index (χ3n) is 6.39. The van der Waals surface area contributed by atoms with E-state index in [0.29, 0.717) is 51.4 Å². The maximum absolute atomic E-state index is 13.8. The van der Waals surface area contributed by atoms with Crippen molar-refractivity contribution in [3.8, 4) is 11.5 Å². The molecule has 2 aromatic heterocycles. The van der Waals surface area contributed by atoms with E-state index in [1.54, 1.807) is 23.1 Å². The predicted octanol–water partition coefficient (Wildman–Crippen LogP) is 6.85. The van der Waals surface area contributed by atoms with E-state index in [9.17, 15) is 9.59 Å². The number of carbonyl (C=O) groups excluding carboxylic acids is 1. The summed E-state index contributed by atoms with van der Waals surface area (Å²) in [5.74, 6) is 0.769. The minimum absolute atomic E-state index is 0.0107. The van der Waals surface area contributed by atoms with Gasteiger partial charge in [-0.15, -0.1) is 11.3 Å². The number of fused-ring (bicyclic) bond motifs is 2. The van der Waals surface area contributed by atoms with Crippen molar-refractivity contribution in [1.29, 1.82) is 0 Å². The van der Waals surface area contributed by atoms with Crippen molar-refractivity contribution in [2.45, 2.75) is 46.6 Å². The van der Waals surface area contributed by atoms with Gasteiger partial charge in [-0.1, -0.05) is 31.0 Å². The van der Waals surface area contributed by atoms with Crippen LogP contribution in [0.15, 0.2) is 45.6 Å². The van der Waals surface area contributed by atoms with Crippen LogP contribution in [0, 0.1) is 13.8 Å². The number of halogens is 1. The molecule has 0 bridgehead atoms. The second-order valence-electron chi connectivity index (χ2n) is 8.87. The fourth-order valence-electron chi connectivity index (χ4n) is 4.43. The van der Waals surface area contributed by atoms with E-state index in [4.69, 9.17) is 25.5 Å². The lowest BCUT2D eigenvalue weighted by molar-refractivity contribution is 0.0971. The number of nitrogens with zero attached hydrogens (tertiary/aromatic N) is 2. The molecular weight excluding hydrogens is 512 g/mol. The summed E-state index contributed by atoms with van der Waals surface area (Å²) in [6, 6.07) is 9.58. The Labute approximate surface area is 223 Å². The third-order valence-corrected chi connectivity index (χ3v) is 7.70. The highest BCUT2D eigenvalue weighted by molar-refractivity contribution is 7.15. The van der Waals surface area contributed by atoms with Crippen LogP contribution in [0.2, 0.25) is 5.02 Å². The van der Waals surface area contributed by atoms with E-state index in [-0.39, 0.29) is 16.8 Å². The molecule has 0 fully saturated rings. The zero-order chi connectivity index (χ0) is 26.3. The lowest BCUT2D eigenvalue weighted by Crippen LogP contribution is -2.29. The zero-order valence-electron chi connectivity index (χ0n) is 21.1. The van der Waals surface area contributed by atoms with Gasteiger partial charge >= 0.3 is 0 Å². The van der Waals surface area contributed by atoms with Gasteiger partial charge in [0.15, 0.2) is 22.1 Å². The van der Waals surface area contributed by atoms with Crippen LogP contribution in [-0.4, -0.2) is 24.1 Å². The van der Waals surface area contributed by atoms with Gasteiger partial charge in [0.05, 0.1) is 35.9 Å². The molecule has 37 heavy (non-hydrogen) atoms. The van der Waals surface area contributed by atoms with Crippen LogP contribution < -0.4 is 19.8 Å². The summed E-state index contributed by atoms with van der Waals surface area (Å²) in [5.41, 5.74) is 1.78. The number of anilines is 1. The summed E-state index contributed by atoms with van der Waals surface area (Å²) in [7, 11) is 0. The van der Waals surface area contributed by atoms with Crippen molar-refractivity contribution in [2.75, 3.05) is 18.1 Å². The molecule has 0 saturated heterocycles. The van der Waals surface area contributed by atoms with Crippen LogP contribution in [0.25, 0.3) is 11.0 Å². The molecule has 1 unspecified atom stereocenters. The highest BCUT2D eigenvalue weighted by Crippen LogP contribution is 2.44. The Bertz CT molecular complexity index is 1540. The lowest BCUT2D eigenvalue weighted by atomic mass is 9.98. The average Bonchev–Trinajstić information content (AvgIpc) is 3.36. The minimum Gasteiger partial charge on any atom is -0.490 e. The molecule has 3 heterocycles. The van der Waals surface area contributed by atoms with E-state index < -0.39 is 11.9 Å². The van der Waals surface area contributed by atoms with Gasteiger partial charge in [0, 0.05) is 9.90 Å². The van der Waals surface area contributed by atoms with E-state index in [1.165, 1.54) is 11.3 Å². The van der Waals surface area contributed by atoms with Crippen molar-refractivity contribution < 1.29 is 18.7 Å². The zero-order valence-corrected chi connectivity index (χ0v) is 22.7. The van der Waals surface area contributed by atoms with Crippen LogP contribution >= 0.6 is 22.9 Å². The quantitative estimate of drug-likeness (QED) is 0.228. The molecule has 2 aromatic carbocycles. The Balaban J connectivity index is 1.72. The van der Waals surface area contributed by atoms with E-state index in [2.05, 4.69) is 11.9 Å². The van der Waals surface area contributed by atoms with E-state index >= 15 is 0 Å². The van der Waals surface area contributed by atoms with Gasteiger partial charge in [-0.25, -0.2) is 4.98 Å². The lowest BCUT2D eigenvalue weighted by Gasteiger charge is -2.23. The first-order valence-electron chi connectivity index (χ1n) is 12.3. The number of hydrogen-bond donors (Lipinski definition) is 0. The number of benzene rings is 2.